The predicted molar refractivity (Wildman–Crippen MR) is 124 cm³/mol. The number of hydrogen-bond donors (Lipinski definition) is 0. The van der Waals surface area contributed by atoms with Gasteiger partial charge in [0, 0.05) is 29.2 Å². The standard InChI is InChI=1S/C27H20O7/c1-31-21-14-22-24(26-25(21)19(28)13-20(34-26)16-6-4-3-5-7-16)18(12-23(29)33-22)15-8-10-17(11-9-15)27(30)32-2/h3-11,13-14,18H,12H2,1-2H3/t18-/m0/s1. The van der Waals surface area contributed by atoms with Crippen molar-refractivity contribution in [1.82, 2.24) is 0 Å². The Balaban J connectivity index is 1.77. The van der Waals surface area contributed by atoms with Gasteiger partial charge in [0.05, 0.1) is 26.2 Å². The Morgan fingerprint density at radius 2 is 1.71 bits per heavy atom. The van der Waals surface area contributed by atoms with Gasteiger partial charge in [0.25, 0.3) is 0 Å². The van der Waals surface area contributed by atoms with E-state index < -0.39 is 17.9 Å². The molecule has 0 saturated carbocycles. The molecule has 0 N–H and O–H groups in total. The zero-order chi connectivity index (χ0) is 23.8. The van der Waals surface area contributed by atoms with E-state index in [4.69, 9.17) is 18.6 Å². The highest BCUT2D eigenvalue weighted by atomic mass is 16.5. The average molecular weight is 456 g/mol. The largest absolute Gasteiger partial charge is 0.496 e. The first kappa shape index (κ1) is 21.5. The van der Waals surface area contributed by atoms with E-state index in [1.807, 2.05) is 30.3 Å². The third-order valence-corrected chi connectivity index (χ3v) is 5.92. The van der Waals surface area contributed by atoms with E-state index in [1.54, 1.807) is 30.3 Å². The second kappa shape index (κ2) is 8.51. The molecule has 5 rings (SSSR count). The van der Waals surface area contributed by atoms with E-state index in [-0.39, 0.29) is 28.7 Å². The molecule has 0 unspecified atom stereocenters. The number of hydrogen-bond acceptors (Lipinski definition) is 7. The first-order chi connectivity index (χ1) is 16.5. The molecule has 1 aliphatic rings. The number of fused-ring (bicyclic) bond motifs is 3. The number of benzene rings is 3. The third-order valence-electron chi connectivity index (χ3n) is 5.92. The summed E-state index contributed by atoms with van der Waals surface area (Å²) in [6, 6.07) is 19.0. The van der Waals surface area contributed by atoms with Crippen molar-refractivity contribution in [2.75, 3.05) is 14.2 Å². The van der Waals surface area contributed by atoms with Gasteiger partial charge in [-0.15, -0.1) is 0 Å². The minimum absolute atomic E-state index is 0.0469. The maximum absolute atomic E-state index is 13.2. The highest BCUT2D eigenvalue weighted by molar-refractivity contribution is 5.93. The summed E-state index contributed by atoms with van der Waals surface area (Å²) in [6.07, 6.45) is 0.0469. The first-order valence-electron chi connectivity index (χ1n) is 10.6. The first-order valence-corrected chi connectivity index (χ1v) is 10.6. The molecule has 0 radical (unpaired) electrons. The van der Waals surface area contributed by atoms with Crippen LogP contribution in [0.25, 0.3) is 22.3 Å². The smallest absolute Gasteiger partial charge is 0.337 e. The fraction of sp³-hybridized carbons (Fsp3) is 0.148. The molecule has 7 nitrogen and oxygen atoms in total. The molecule has 1 aromatic heterocycles. The second-order valence-electron chi connectivity index (χ2n) is 7.88. The molecule has 4 aromatic rings. The third kappa shape index (κ3) is 3.61. The summed E-state index contributed by atoms with van der Waals surface area (Å²) in [5.74, 6) is -0.399. The van der Waals surface area contributed by atoms with Gasteiger partial charge in [-0.3, -0.25) is 9.59 Å². The van der Waals surface area contributed by atoms with Crippen LogP contribution in [0.1, 0.15) is 33.8 Å². The molecule has 0 bridgehead atoms. The van der Waals surface area contributed by atoms with Crippen molar-refractivity contribution in [3.63, 3.8) is 0 Å². The Labute approximate surface area is 194 Å². The number of rotatable bonds is 4. The molecule has 170 valence electrons. The highest BCUT2D eigenvalue weighted by Crippen LogP contribution is 2.46. The molecule has 7 heteroatoms. The van der Waals surface area contributed by atoms with Crippen molar-refractivity contribution in [3.05, 3.63) is 93.6 Å². The molecular formula is C27H20O7. The van der Waals surface area contributed by atoms with Crippen LogP contribution in [0, 0.1) is 0 Å². The summed E-state index contributed by atoms with van der Waals surface area (Å²) in [5.41, 5.74) is 2.51. The van der Waals surface area contributed by atoms with Crippen LogP contribution in [0.3, 0.4) is 0 Å². The topological polar surface area (TPSA) is 92.0 Å². The van der Waals surface area contributed by atoms with Gasteiger partial charge in [0.1, 0.15) is 28.2 Å². The van der Waals surface area contributed by atoms with Crippen LogP contribution in [0.4, 0.5) is 0 Å². The Hall–Kier alpha value is -4.39. The summed E-state index contributed by atoms with van der Waals surface area (Å²) in [6.45, 7) is 0. The zero-order valence-corrected chi connectivity index (χ0v) is 18.5. The van der Waals surface area contributed by atoms with E-state index in [0.717, 1.165) is 11.1 Å². The minimum Gasteiger partial charge on any atom is -0.496 e. The molecule has 1 atom stereocenters. The summed E-state index contributed by atoms with van der Waals surface area (Å²) in [5, 5.41) is 0.273. The zero-order valence-electron chi connectivity index (χ0n) is 18.5. The minimum atomic E-state index is -0.455. The average Bonchev–Trinajstić information content (AvgIpc) is 2.87. The quantitative estimate of drug-likeness (QED) is 0.325. The molecule has 0 aliphatic carbocycles. The van der Waals surface area contributed by atoms with Crippen LogP contribution in [0.15, 0.2) is 75.9 Å². The van der Waals surface area contributed by atoms with Crippen LogP contribution in [0.2, 0.25) is 0 Å². The summed E-state index contributed by atoms with van der Waals surface area (Å²) >= 11 is 0. The maximum Gasteiger partial charge on any atom is 0.337 e. The molecule has 34 heavy (non-hydrogen) atoms. The normalized spacial score (nSPS) is 14.9. The van der Waals surface area contributed by atoms with E-state index in [2.05, 4.69) is 0 Å². The van der Waals surface area contributed by atoms with Crippen molar-refractivity contribution in [2.24, 2.45) is 0 Å². The molecule has 0 spiro atoms. The van der Waals surface area contributed by atoms with Crippen LogP contribution < -0.4 is 14.9 Å². The number of ether oxygens (including phenoxy) is 3. The molecule has 0 fully saturated rings. The van der Waals surface area contributed by atoms with Crippen LogP contribution >= 0.6 is 0 Å². The van der Waals surface area contributed by atoms with Gasteiger partial charge in [-0.1, -0.05) is 42.5 Å². The van der Waals surface area contributed by atoms with Gasteiger partial charge in [-0.25, -0.2) is 4.79 Å². The Morgan fingerprint density at radius 3 is 2.38 bits per heavy atom. The summed E-state index contributed by atoms with van der Waals surface area (Å²) in [7, 11) is 2.76. The number of methoxy groups -OCH3 is 2. The van der Waals surface area contributed by atoms with Gasteiger partial charge < -0.3 is 18.6 Å². The number of esters is 2. The van der Waals surface area contributed by atoms with Crippen molar-refractivity contribution in [3.8, 4) is 22.8 Å². The van der Waals surface area contributed by atoms with E-state index >= 15 is 0 Å². The van der Waals surface area contributed by atoms with Crippen molar-refractivity contribution >= 4 is 22.9 Å². The Bertz CT molecular complexity index is 1470. The maximum atomic E-state index is 13.2. The number of carbonyl (C=O) groups is 2. The summed E-state index contributed by atoms with van der Waals surface area (Å²) in [4.78, 5) is 37.5. The van der Waals surface area contributed by atoms with Crippen molar-refractivity contribution < 1.29 is 28.2 Å². The Kier molecular flexibility index (Phi) is 5.37. The molecule has 1 aliphatic heterocycles. The van der Waals surface area contributed by atoms with Crippen LogP contribution in [0.5, 0.6) is 11.5 Å². The lowest BCUT2D eigenvalue weighted by molar-refractivity contribution is -0.135. The molecular weight excluding hydrogens is 436 g/mol. The van der Waals surface area contributed by atoms with Gasteiger partial charge in [0.2, 0.25) is 0 Å². The fourth-order valence-corrected chi connectivity index (χ4v) is 4.30. The monoisotopic (exact) mass is 456 g/mol. The van der Waals surface area contributed by atoms with Gasteiger partial charge in [0.15, 0.2) is 5.43 Å². The molecule has 2 heterocycles. The van der Waals surface area contributed by atoms with Crippen molar-refractivity contribution in [1.29, 1.82) is 0 Å². The lowest BCUT2D eigenvalue weighted by Crippen LogP contribution is -2.22. The second-order valence-corrected chi connectivity index (χ2v) is 7.88. The summed E-state index contributed by atoms with van der Waals surface area (Å²) < 4.78 is 22.1. The number of carbonyl (C=O) groups excluding carboxylic acids is 2. The van der Waals surface area contributed by atoms with Crippen LogP contribution in [-0.4, -0.2) is 26.2 Å². The van der Waals surface area contributed by atoms with Gasteiger partial charge in [-0.05, 0) is 17.7 Å². The Morgan fingerprint density at radius 1 is 0.971 bits per heavy atom. The van der Waals surface area contributed by atoms with E-state index in [0.29, 0.717) is 22.5 Å². The highest BCUT2D eigenvalue weighted by Gasteiger charge is 2.34. The van der Waals surface area contributed by atoms with Gasteiger partial charge >= 0.3 is 11.9 Å². The predicted octanol–water partition coefficient (Wildman–Crippen LogP) is 4.70. The van der Waals surface area contributed by atoms with Gasteiger partial charge in [-0.2, -0.15) is 0 Å². The van der Waals surface area contributed by atoms with Crippen molar-refractivity contribution in [2.45, 2.75) is 12.3 Å². The molecule has 3 aromatic carbocycles. The lowest BCUT2D eigenvalue weighted by Gasteiger charge is -2.26. The fourth-order valence-electron chi connectivity index (χ4n) is 4.30. The van der Waals surface area contributed by atoms with Crippen LogP contribution in [-0.2, 0) is 9.53 Å². The molecule has 0 amide bonds. The SMILES string of the molecule is COC(=O)c1ccc([C@@H]2CC(=O)Oc3cc(OC)c4c(=O)cc(-c5ccccc5)oc4c32)cc1. The van der Waals surface area contributed by atoms with E-state index in [1.165, 1.54) is 20.3 Å². The molecule has 0 saturated heterocycles. The lowest BCUT2D eigenvalue weighted by atomic mass is 9.84. The van der Waals surface area contributed by atoms with E-state index in [9.17, 15) is 14.4 Å².